The molecular formula is C30H44N2O8. The number of nitrogens with two attached hydrogens (primary N) is 1. The minimum Gasteiger partial charge on any atom is -0.507 e. The molecular weight excluding hydrogens is 516 g/mol. The Bertz CT molecular complexity index is 1290. The Morgan fingerprint density at radius 3 is 2.12 bits per heavy atom. The van der Waals surface area contributed by atoms with Crippen LogP contribution in [-0.4, -0.2) is 74.0 Å². The molecule has 3 aliphatic rings. The summed E-state index contributed by atoms with van der Waals surface area (Å²) in [7, 11) is 1.69. The van der Waals surface area contributed by atoms with Crippen LogP contribution in [0, 0.1) is 34.5 Å². The number of aliphatic hydroxyl groups is 4. The molecule has 10 heteroatoms. The zero-order valence-corrected chi connectivity index (χ0v) is 24.7. The van der Waals surface area contributed by atoms with E-state index in [1.807, 2.05) is 20.8 Å². The molecule has 2 unspecified atom stereocenters. The number of anilines is 1. The number of rotatable bonds is 3. The van der Waals surface area contributed by atoms with Crippen LogP contribution >= 0.6 is 0 Å². The van der Waals surface area contributed by atoms with Crippen molar-refractivity contribution in [2.24, 2.45) is 40.2 Å². The fraction of sp³-hybridized carbons (Fsp3) is 0.700. The van der Waals surface area contributed by atoms with Crippen LogP contribution in [0.5, 0.6) is 5.75 Å². The van der Waals surface area contributed by atoms with E-state index in [4.69, 9.17) is 5.73 Å². The number of aromatic hydroxyl groups is 1. The van der Waals surface area contributed by atoms with Gasteiger partial charge in [-0.05, 0) is 34.8 Å². The predicted octanol–water partition coefficient (Wildman–Crippen LogP) is 1.44. The first-order chi connectivity index (χ1) is 18.2. The van der Waals surface area contributed by atoms with E-state index in [1.165, 1.54) is 6.92 Å². The zero-order valence-electron chi connectivity index (χ0n) is 24.7. The third-order valence-electron chi connectivity index (χ3n) is 10.8. The molecule has 1 aromatic rings. The van der Waals surface area contributed by atoms with Gasteiger partial charge in [0.25, 0.3) is 0 Å². The lowest BCUT2D eigenvalue weighted by atomic mass is 9.36. The molecule has 0 heterocycles. The molecule has 10 nitrogen and oxygen atoms in total. The molecule has 0 aromatic heterocycles. The van der Waals surface area contributed by atoms with Gasteiger partial charge in [0.05, 0.1) is 23.7 Å². The molecule has 8 N–H and O–H groups in total. The molecule has 0 saturated heterocycles. The molecule has 2 fully saturated rings. The summed E-state index contributed by atoms with van der Waals surface area (Å²) in [5, 5.41) is 62.5. The molecule has 0 aliphatic heterocycles. The van der Waals surface area contributed by atoms with Crippen molar-refractivity contribution in [2.45, 2.75) is 90.6 Å². The van der Waals surface area contributed by atoms with Crippen LogP contribution in [0.3, 0.4) is 0 Å². The van der Waals surface area contributed by atoms with Crippen molar-refractivity contribution in [3.63, 3.8) is 0 Å². The normalized spacial score (nSPS) is 41.3. The van der Waals surface area contributed by atoms with Gasteiger partial charge in [-0.2, -0.15) is 0 Å². The lowest BCUT2D eigenvalue weighted by molar-refractivity contribution is -0.306. The predicted molar refractivity (Wildman–Crippen MR) is 148 cm³/mol. The second-order valence-corrected chi connectivity index (χ2v) is 13.9. The molecule has 0 spiro atoms. The third-order valence-corrected chi connectivity index (χ3v) is 10.8. The maximum absolute atomic E-state index is 14.4. The maximum atomic E-state index is 14.4. The first kappa shape index (κ1) is 30.4. The third kappa shape index (κ3) is 3.33. The van der Waals surface area contributed by atoms with Crippen LogP contribution in [0.15, 0.2) is 6.07 Å². The number of nitrogens with one attached hydrogen (secondary N) is 1. The van der Waals surface area contributed by atoms with Crippen LogP contribution in [0.25, 0.3) is 0 Å². The van der Waals surface area contributed by atoms with E-state index in [2.05, 4.69) is 5.32 Å². The highest BCUT2D eigenvalue weighted by Crippen LogP contribution is 2.69. The maximum Gasteiger partial charge on any atom is 0.230 e. The standard InChI is InChI=1S/C30H44N2O8/c1-11(2)18-22(35)17(25(31)38)23(36)30(40)24(37)19-21(34)16-15(12(3)28(19,7)26(39)29(18,30)8)14(32-9)10-13(20(16)33)27(4,5)6/h10-12,17-19,22,24,26,32-33,35,37,39-40H,1-9H3,(H2,31,38)/t12-,17-,18+,19-,22?,24?,26-,28+,29+,30+/m1/s1. The number of phenolic OH excluding ortho intramolecular Hbond substituents is 1. The summed E-state index contributed by atoms with van der Waals surface area (Å²) in [6.07, 6.45) is -5.32. The number of fused-ring (bicyclic) bond motifs is 3. The highest BCUT2D eigenvalue weighted by Gasteiger charge is 2.80. The number of carbonyl (C=O) groups excluding carboxylic acids is 3. The molecule has 1 amide bonds. The summed E-state index contributed by atoms with van der Waals surface area (Å²) in [6, 6.07) is 1.77. The molecule has 0 bridgehead atoms. The minimum absolute atomic E-state index is 0.0413. The van der Waals surface area contributed by atoms with E-state index >= 15 is 0 Å². The summed E-state index contributed by atoms with van der Waals surface area (Å²) in [5.41, 5.74) is 0.269. The molecule has 0 radical (unpaired) electrons. The molecule has 40 heavy (non-hydrogen) atoms. The van der Waals surface area contributed by atoms with Gasteiger partial charge in [-0.1, -0.05) is 55.4 Å². The van der Waals surface area contributed by atoms with Crippen LogP contribution in [-0.2, 0) is 15.0 Å². The number of phenols is 1. The number of benzene rings is 1. The van der Waals surface area contributed by atoms with Crippen molar-refractivity contribution in [1.29, 1.82) is 0 Å². The number of amides is 1. The molecule has 222 valence electrons. The summed E-state index contributed by atoms with van der Waals surface area (Å²) < 4.78 is 0. The molecule has 2 saturated carbocycles. The van der Waals surface area contributed by atoms with Crippen LogP contribution in [0.4, 0.5) is 5.69 Å². The van der Waals surface area contributed by atoms with E-state index in [0.29, 0.717) is 16.8 Å². The number of primary amides is 1. The SMILES string of the molecule is CNc1cc(C(C)(C)C)c(O)c2c1[C@@H](C)[C@@]1(C)[C@H](C2=O)C(O)[C@@]2(O)C(=O)[C@H](C(N)=O)C(O)[C@H](C(C)C)[C@@]2(C)[C@@H]1O. The topological polar surface area (TPSA) is 190 Å². The van der Waals surface area contributed by atoms with Crippen molar-refractivity contribution in [3.8, 4) is 5.75 Å². The van der Waals surface area contributed by atoms with Gasteiger partial charge in [0, 0.05) is 29.1 Å². The lowest BCUT2D eigenvalue weighted by Gasteiger charge is -2.69. The van der Waals surface area contributed by atoms with Crippen molar-refractivity contribution in [3.05, 3.63) is 22.8 Å². The van der Waals surface area contributed by atoms with E-state index in [0.717, 1.165) is 0 Å². The summed E-state index contributed by atoms with van der Waals surface area (Å²) >= 11 is 0. The Morgan fingerprint density at radius 1 is 1.12 bits per heavy atom. The summed E-state index contributed by atoms with van der Waals surface area (Å²) in [5.74, 6) is -8.98. The Kier molecular flexibility index (Phi) is 6.83. The molecule has 10 atom stereocenters. The average Bonchev–Trinajstić information content (AvgIpc) is 2.83. The Balaban J connectivity index is 2.10. The number of Topliss-reactive ketones (excluding diaryl/α,β-unsaturated/α-hetero) is 2. The number of hydrogen-bond donors (Lipinski definition) is 7. The second kappa shape index (κ2) is 8.98. The monoisotopic (exact) mass is 560 g/mol. The number of hydrogen-bond acceptors (Lipinski definition) is 9. The first-order valence-electron chi connectivity index (χ1n) is 13.9. The number of carbonyl (C=O) groups is 3. The lowest BCUT2D eigenvalue weighted by Crippen LogP contribution is -2.83. The van der Waals surface area contributed by atoms with Gasteiger partial charge >= 0.3 is 0 Å². The van der Waals surface area contributed by atoms with Gasteiger partial charge in [0.15, 0.2) is 17.2 Å². The van der Waals surface area contributed by atoms with Crippen LogP contribution in [0.2, 0.25) is 0 Å². The fourth-order valence-electron chi connectivity index (χ4n) is 8.67. The number of aliphatic hydroxyl groups excluding tert-OH is 3. The van der Waals surface area contributed by atoms with Gasteiger partial charge < -0.3 is 36.6 Å². The van der Waals surface area contributed by atoms with Crippen molar-refractivity contribution < 1.29 is 39.9 Å². The Morgan fingerprint density at radius 2 is 1.68 bits per heavy atom. The Labute approximate surface area is 235 Å². The van der Waals surface area contributed by atoms with Gasteiger partial charge in [0.1, 0.15) is 17.8 Å². The first-order valence-corrected chi connectivity index (χ1v) is 13.9. The van der Waals surface area contributed by atoms with Gasteiger partial charge in [0.2, 0.25) is 5.91 Å². The highest BCUT2D eigenvalue weighted by atomic mass is 16.4. The van der Waals surface area contributed by atoms with E-state index in [-0.39, 0.29) is 11.3 Å². The smallest absolute Gasteiger partial charge is 0.230 e. The van der Waals surface area contributed by atoms with Gasteiger partial charge in [-0.25, -0.2) is 0 Å². The van der Waals surface area contributed by atoms with Gasteiger partial charge in [-0.15, -0.1) is 0 Å². The van der Waals surface area contributed by atoms with E-state index in [9.17, 15) is 39.9 Å². The van der Waals surface area contributed by atoms with Crippen molar-refractivity contribution in [2.75, 3.05) is 12.4 Å². The summed E-state index contributed by atoms with van der Waals surface area (Å²) in [4.78, 5) is 40.7. The minimum atomic E-state index is -2.81. The largest absolute Gasteiger partial charge is 0.507 e. The highest BCUT2D eigenvalue weighted by molar-refractivity contribution is 6.10. The van der Waals surface area contributed by atoms with Crippen molar-refractivity contribution in [1.82, 2.24) is 0 Å². The quantitative estimate of drug-likeness (QED) is 0.212. The molecule has 4 rings (SSSR count). The molecule has 3 aliphatic carbocycles. The van der Waals surface area contributed by atoms with Gasteiger partial charge in [-0.3, -0.25) is 14.4 Å². The zero-order chi connectivity index (χ0) is 30.7. The summed E-state index contributed by atoms with van der Waals surface area (Å²) in [6.45, 7) is 13.9. The van der Waals surface area contributed by atoms with Crippen molar-refractivity contribution >= 4 is 23.2 Å². The van der Waals surface area contributed by atoms with Crippen LogP contribution < -0.4 is 11.1 Å². The molecule has 1 aromatic carbocycles. The average molecular weight is 561 g/mol. The van der Waals surface area contributed by atoms with Crippen LogP contribution in [0.1, 0.15) is 82.8 Å². The number of ketones is 2. The fourth-order valence-corrected chi connectivity index (χ4v) is 8.67. The van der Waals surface area contributed by atoms with E-state index < -0.39 is 87.2 Å². The Hall–Kier alpha value is -2.53. The second-order valence-electron chi connectivity index (χ2n) is 13.9. The van der Waals surface area contributed by atoms with E-state index in [1.54, 1.807) is 40.8 Å².